The van der Waals surface area contributed by atoms with Crippen LogP contribution in [-0.4, -0.2) is 43.1 Å². The highest BCUT2D eigenvalue weighted by Crippen LogP contribution is 2.35. The number of pyridine rings is 1. The highest BCUT2D eigenvalue weighted by atomic mass is 19.1. The molecule has 0 aliphatic carbocycles. The van der Waals surface area contributed by atoms with Crippen molar-refractivity contribution in [2.24, 2.45) is 0 Å². The molecule has 60 heavy (non-hydrogen) atoms. The van der Waals surface area contributed by atoms with Gasteiger partial charge >= 0.3 is 0 Å². The first-order valence-electron chi connectivity index (χ1n) is 20.5. The molecule has 2 N–H and O–H groups in total. The quantitative estimate of drug-likeness (QED) is 0.114. The average Bonchev–Trinajstić information content (AvgIpc) is 3.28. The highest BCUT2D eigenvalue weighted by Gasteiger charge is 2.15. The monoisotopic (exact) mass is 800 g/mol. The Bertz CT molecular complexity index is 2590. The Morgan fingerprint density at radius 1 is 0.583 bits per heavy atom. The fourth-order valence-electron chi connectivity index (χ4n) is 7.73. The Kier molecular flexibility index (Phi) is 12.6. The predicted molar refractivity (Wildman–Crippen MR) is 237 cm³/mol. The van der Waals surface area contributed by atoms with E-state index in [0.29, 0.717) is 49.0 Å². The van der Waals surface area contributed by atoms with Gasteiger partial charge in [-0.1, -0.05) is 97.1 Å². The number of nitrogens with one attached hydrogen (secondary N) is 2. The lowest BCUT2D eigenvalue weighted by Crippen LogP contribution is -2.36. The number of ether oxygens (including phenoxy) is 1. The Balaban J connectivity index is 0.859. The molecule has 0 spiro atoms. The van der Waals surface area contributed by atoms with E-state index in [2.05, 4.69) is 20.5 Å². The maximum atomic E-state index is 15.4. The molecule has 0 bridgehead atoms. The molecule has 302 valence electrons. The number of rotatable bonds is 14. The number of hydrogen-bond donors (Lipinski definition) is 2. The van der Waals surface area contributed by atoms with E-state index < -0.39 is 0 Å². The molecule has 2 heterocycles. The van der Waals surface area contributed by atoms with E-state index >= 15 is 4.39 Å². The Morgan fingerprint density at radius 3 is 1.82 bits per heavy atom. The number of hydrogen-bond acceptors (Lipinski definition) is 5. The molecule has 2 amide bonds. The predicted octanol–water partition coefficient (Wildman–Crippen LogP) is 11.3. The average molecular weight is 801 g/mol. The summed E-state index contributed by atoms with van der Waals surface area (Å²) in [5.74, 6) is -0.273. The van der Waals surface area contributed by atoms with Crippen molar-refractivity contribution < 1.29 is 23.1 Å². The standard InChI is InChI=1S/C51H46F2N4O3/c52-47-12-4-3-9-42(47)37-19-15-35(16-20-37)8-6-14-50(59)56-51-44-11-2-1-10-43(44)46(34-54-51)39-23-28-48(53)45(33-39)38-21-17-36(18-22-38)7-5-13-49(58)55-40-24-26-41(27-25-40)57-29-31-60-32-30-57/h1-4,9-12,15-28,33-34H,5-8,13-14,29-32H2,(H,55,58)(H,54,56,59). The van der Waals surface area contributed by atoms with Crippen LogP contribution in [0, 0.1) is 11.6 Å². The second-order valence-corrected chi connectivity index (χ2v) is 15.1. The Hall–Kier alpha value is -6.71. The molecule has 0 radical (unpaired) electrons. The van der Waals surface area contributed by atoms with Gasteiger partial charge in [-0.15, -0.1) is 0 Å². The summed E-state index contributed by atoms with van der Waals surface area (Å²) in [4.78, 5) is 32.7. The first-order valence-corrected chi connectivity index (χ1v) is 20.5. The minimum absolute atomic E-state index is 0.0276. The summed E-state index contributed by atoms with van der Waals surface area (Å²) < 4.78 is 35.0. The van der Waals surface area contributed by atoms with Crippen molar-refractivity contribution >= 4 is 39.8 Å². The van der Waals surface area contributed by atoms with Crippen LogP contribution in [0.5, 0.6) is 0 Å². The van der Waals surface area contributed by atoms with Gasteiger partial charge in [0.2, 0.25) is 11.8 Å². The van der Waals surface area contributed by atoms with E-state index in [0.717, 1.165) is 88.3 Å². The number of aromatic nitrogens is 1. The molecule has 1 saturated heterocycles. The van der Waals surface area contributed by atoms with Crippen molar-refractivity contribution in [3.05, 3.63) is 168 Å². The number of halogens is 2. The zero-order chi connectivity index (χ0) is 41.3. The summed E-state index contributed by atoms with van der Waals surface area (Å²) in [7, 11) is 0. The molecular weight excluding hydrogens is 755 g/mol. The summed E-state index contributed by atoms with van der Waals surface area (Å²) in [6.45, 7) is 3.18. The van der Waals surface area contributed by atoms with Crippen LogP contribution in [0.3, 0.4) is 0 Å². The molecule has 7 nitrogen and oxygen atoms in total. The normalized spacial score (nSPS) is 12.7. The fraction of sp³-hybridized carbons (Fsp3) is 0.196. The maximum Gasteiger partial charge on any atom is 0.225 e. The fourth-order valence-corrected chi connectivity index (χ4v) is 7.73. The smallest absolute Gasteiger partial charge is 0.225 e. The number of benzene rings is 6. The third-order valence-corrected chi connectivity index (χ3v) is 11.0. The van der Waals surface area contributed by atoms with Gasteiger partial charge in [0, 0.05) is 65.6 Å². The molecule has 1 aliphatic heterocycles. The molecule has 6 aromatic carbocycles. The molecule has 9 heteroatoms. The van der Waals surface area contributed by atoms with Gasteiger partial charge in [-0.25, -0.2) is 13.8 Å². The van der Waals surface area contributed by atoms with Gasteiger partial charge in [0.05, 0.1) is 13.2 Å². The topological polar surface area (TPSA) is 83.6 Å². The van der Waals surface area contributed by atoms with Crippen molar-refractivity contribution in [2.75, 3.05) is 41.8 Å². The number of carbonyl (C=O) groups is 2. The third-order valence-electron chi connectivity index (χ3n) is 11.0. The van der Waals surface area contributed by atoms with Crippen LogP contribution in [-0.2, 0) is 27.2 Å². The summed E-state index contributed by atoms with van der Waals surface area (Å²) >= 11 is 0. The van der Waals surface area contributed by atoms with E-state index in [1.807, 2.05) is 109 Å². The van der Waals surface area contributed by atoms with E-state index in [4.69, 9.17) is 4.74 Å². The zero-order valence-corrected chi connectivity index (χ0v) is 33.3. The van der Waals surface area contributed by atoms with Crippen molar-refractivity contribution in [3.63, 3.8) is 0 Å². The summed E-state index contributed by atoms with van der Waals surface area (Å²) in [5.41, 5.74) is 8.28. The molecular formula is C51H46F2N4O3. The van der Waals surface area contributed by atoms with Crippen LogP contribution >= 0.6 is 0 Å². The van der Waals surface area contributed by atoms with Crippen molar-refractivity contribution in [2.45, 2.75) is 38.5 Å². The number of fused-ring (bicyclic) bond motifs is 1. The molecule has 0 atom stereocenters. The van der Waals surface area contributed by atoms with Crippen molar-refractivity contribution in [1.29, 1.82) is 0 Å². The van der Waals surface area contributed by atoms with Gasteiger partial charge < -0.3 is 20.3 Å². The van der Waals surface area contributed by atoms with Gasteiger partial charge in [-0.05, 0) is 101 Å². The van der Waals surface area contributed by atoms with Gasteiger partial charge in [0.15, 0.2) is 0 Å². The SMILES string of the molecule is O=C(CCCc1ccc(-c2cc(-c3cnc(NC(=O)CCCc4ccc(-c5ccccc5F)cc4)c4ccccc34)ccc2F)cc1)Nc1ccc(N2CCOCC2)cc1. The number of nitrogens with zero attached hydrogens (tertiary/aromatic N) is 2. The molecule has 7 aromatic rings. The van der Waals surface area contributed by atoms with Crippen LogP contribution < -0.4 is 15.5 Å². The zero-order valence-electron chi connectivity index (χ0n) is 33.3. The van der Waals surface area contributed by atoms with E-state index in [1.165, 1.54) is 12.1 Å². The summed E-state index contributed by atoms with van der Waals surface area (Å²) in [6.07, 6.45) is 5.19. The molecule has 1 fully saturated rings. The third kappa shape index (κ3) is 9.76. The van der Waals surface area contributed by atoms with Crippen LogP contribution in [0.1, 0.15) is 36.8 Å². The second-order valence-electron chi connectivity index (χ2n) is 15.1. The minimum atomic E-state index is -0.330. The summed E-state index contributed by atoms with van der Waals surface area (Å²) in [5, 5.41) is 7.68. The van der Waals surface area contributed by atoms with Gasteiger partial charge in [-0.2, -0.15) is 0 Å². The molecule has 0 saturated carbocycles. The maximum absolute atomic E-state index is 15.4. The Labute approximate surface area is 349 Å². The number of carbonyl (C=O) groups excluding carboxylic acids is 2. The van der Waals surface area contributed by atoms with Gasteiger partial charge in [0.25, 0.3) is 0 Å². The lowest BCUT2D eigenvalue weighted by molar-refractivity contribution is -0.117. The molecule has 8 rings (SSSR count). The number of morpholine rings is 1. The lowest BCUT2D eigenvalue weighted by Gasteiger charge is -2.28. The van der Waals surface area contributed by atoms with Crippen LogP contribution in [0.15, 0.2) is 146 Å². The first-order chi connectivity index (χ1) is 29.4. The highest BCUT2D eigenvalue weighted by molar-refractivity contribution is 6.06. The molecule has 1 aromatic heterocycles. The minimum Gasteiger partial charge on any atom is -0.378 e. The molecule has 0 unspecified atom stereocenters. The number of anilines is 3. The second kappa shape index (κ2) is 18.9. The lowest BCUT2D eigenvalue weighted by atomic mass is 9.95. The van der Waals surface area contributed by atoms with E-state index in [-0.39, 0.29) is 23.4 Å². The Morgan fingerprint density at radius 2 is 1.15 bits per heavy atom. The first kappa shape index (κ1) is 40.1. The number of amides is 2. The number of aryl methyl sites for hydroxylation is 2. The summed E-state index contributed by atoms with van der Waals surface area (Å²) in [6, 6.07) is 43.0. The largest absolute Gasteiger partial charge is 0.378 e. The molecule has 1 aliphatic rings. The van der Waals surface area contributed by atoms with Crippen LogP contribution in [0.2, 0.25) is 0 Å². The van der Waals surface area contributed by atoms with Crippen LogP contribution in [0.4, 0.5) is 26.0 Å². The van der Waals surface area contributed by atoms with E-state index in [9.17, 15) is 14.0 Å². The van der Waals surface area contributed by atoms with Crippen molar-refractivity contribution in [1.82, 2.24) is 4.98 Å². The van der Waals surface area contributed by atoms with Gasteiger partial charge in [-0.3, -0.25) is 9.59 Å². The van der Waals surface area contributed by atoms with Gasteiger partial charge in [0.1, 0.15) is 17.5 Å². The van der Waals surface area contributed by atoms with Crippen LogP contribution in [0.25, 0.3) is 44.2 Å². The van der Waals surface area contributed by atoms with E-state index in [1.54, 1.807) is 24.4 Å². The van der Waals surface area contributed by atoms with Crippen molar-refractivity contribution in [3.8, 4) is 33.4 Å².